The Labute approximate surface area is 584 Å². The summed E-state index contributed by atoms with van der Waals surface area (Å²) < 4.78 is 0. The fourth-order valence-corrected chi connectivity index (χ4v) is 11.8. The fourth-order valence-electron chi connectivity index (χ4n) is 11.3. The molecule has 0 saturated carbocycles. The van der Waals surface area contributed by atoms with E-state index in [0.29, 0.717) is 43.2 Å². The van der Waals surface area contributed by atoms with E-state index in [2.05, 4.69) is 78.1 Å². The Morgan fingerprint density at radius 3 is 1.43 bits per heavy atom. The van der Waals surface area contributed by atoms with Gasteiger partial charge in [-0.25, -0.2) is 0 Å². The van der Waals surface area contributed by atoms with Crippen LogP contribution in [0.15, 0.2) is 53.5 Å². The molecule has 2 aliphatic rings. The lowest BCUT2D eigenvalue weighted by atomic mass is 9.96. The van der Waals surface area contributed by atoms with Crippen LogP contribution in [0.4, 0.5) is 0 Å². The Hall–Kier alpha value is -8.39. The Bertz CT molecular complexity index is 3100. The first-order valence-electron chi connectivity index (χ1n) is 33.5. The first-order valence-corrected chi connectivity index (χ1v) is 34.7. The van der Waals surface area contributed by atoms with Crippen LogP contribution in [0, 0.1) is 23.7 Å². The van der Waals surface area contributed by atoms with Crippen LogP contribution < -0.4 is 70.8 Å². The van der Waals surface area contributed by atoms with Crippen molar-refractivity contribution in [3.63, 3.8) is 0 Å². The second kappa shape index (κ2) is 39.9. The Morgan fingerprint density at radius 1 is 0.520 bits per heavy atom. The second-order valence-corrected chi connectivity index (χ2v) is 26.8. The number of carbonyl (C=O) groups excluding carboxylic acids is 12. The molecule has 30 nitrogen and oxygen atoms in total. The molecule has 0 bridgehead atoms. The van der Waals surface area contributed by atoms with E-state index in [-0.39, 0.29) is 93.0 Å². The van der Waals surface area contributed by atoms with Gasteiger partial charge in [-0.1, -0.05) is 92.5 Å². The summed E-state index contributed by atoms with van der Waals surface area (Å²) in [6.45, 7) is 16.0. The minimum Gasteiger partial charge on any atom is -0.508 e. The molecule has 14 atom stereocenters. The van der Waals surface area contributed by atoms with Crippen molar-refractivity contribution in [1.82, 2.24) is 57.7 Å². The van der Waals surface area contributed by atoms with Crippen LogP contribution in [0.5, 0.6) is 11.5 Å². The molecule has 32 heteroatoms. The zero-order chi connectivity index (χ0) is 73.2. The van der Waals surface area contributed by atoms with E-state index in [9.17, 15) is 67.7 Å². The van der Waals surface area contributed by atoms with Gasteiger partial charge in [0.15, 0.2) is 5.96 Å². The number of nitrogens with two attached hydrogens (primary N) is 4. The quantitative estimate of drug-likeness (QED) is 0.0162. The number of thiol groups is 2. The minimum atomic E-state index is -1.40. The van der Waals surface area contributed by atoms with E-state index in [0.717, 1.165) is 0 Å². The molecule has 2 aromatic carbocycles. The van der Waals surface area contributed by atoms with Crippen molar-refractivity contribution >= 4 is 102 Å². The van der Waals surface area contributed by atoms with E-state index < -0.39 is 161 Å². The zero-order valence-corrected chi connectivity index (χ0v) is 59.3. The fraction of sp³-hybridized carbons (Fsp3) is 0.621. The summed E-state index contributed by atoms with van der Waals surface area (Å²) in [4.78, 5) is 174. The molecule has 4 rings (SSSR count). The van der Waals surface area contributed by atoms with Crippen LogP contribution in [0.2, 0.25) is 0 Å². The summed E-state index contributed by atoms with van der Waals surface area (Å²) in [5.41, 5.74) is 23.5. The van der Waals surface area contributed by atoms with E-state index in [1.165, 1.54) is 53.1 Å². The van der Waals surface area contributed by atoms with Crippen molar-refractivity contribution < 1.29 is 67.7 Å². The number of nitrogens with zero attached hydrogens (tertiary/aromatic N) is 3. The van der Waals surface area contributed by atoms with Crippen molar-refractivity contribution in [3.05, 3.63) is 59.7 Å². The van der Waals surface area contributed by atoms with Gasteiger partial charge in [0.25, 0.3) is 0 Å². The van der Waals surface area contributed by atoms with Gasteiger partial charge in [0.2, 0.25) is 70.9 Å². The summed E-state index contributed by atoms with van der Waals surface area (Å²) in [6, 6.07) is -2.60. The number of benzene rings is 2. The van der Waals surface area contributed by atoms with E-state index >= 15 is 0 Å². The van der Waals surface area contributed by atoms with Gasteiger partial charge in [-0.2, -0.15) is 25.3 Å². The molecule has 0 unspecified atom stereocenters. The molecule has 0 radical (unpaired) electrons. The van der Waals surface area contributed by atoms with Crippen molar-refractivity contribution in [2.24, 2.45) is 51.6 Å². The van der Waals surface area contributed by atoms with Gasteiger partial charge in [-0.3, -0.25) is 62.5 Å². The van der Waals surface area contributed by atoms with Gasteiger partial charge < -0.3 is 90.8 Å². The van der Waals surface area contributed by atoms with Crippen molar-refractivity contribution in [2.45, 2.75) is 205 Å². The van der Waals surface area contributed by atoms with Gasteiger partial charge in [-0.05, 0) is 111 Å². The molecule has 0 aromatic heterocycles. The molecule has 2 aromatic rings. The van der Waals surface area contributed by atoms with Crippen LogP contribution in [0.25, 0.3) is 0 Å². The van der Waals surface area contributed by atoms with Gasteiger partial charge >= 0.3 is 0 Å². The average Bonchev–Trinajstić information content (AvgIpc) is 1.64. The lowest BCUT2D eigenvalue weighted by Gasteiger charge is -2.34. The molecular weight excluding hydrogens is 1300 g/mol. The van der Waals surface area contributed by atoms with Crippen LogP contribution in [0.3, 0.4) is 0 Å². The Balaban J connectivity index is 1.46. The number of phenolic OH excluding ortho intramolecular Hbond substituents is 2. The van der Waals surface area contributed by atoms with E-state index in [1.54, 1.807) is 39.8 Å². The SMILES string of the molecule is CC[C@H](C)[C@H](NC(=O)[C@@H]1CCCN1C(=O)[C@H](CC(C)C)NC(=O)[C@@H]1CCCN1C(=O)[C@@H](NC(=O)[C@H](C)NC(=O)[C@H](Cc1ccc(O)cc1)NC(=O)[C@H](CS)NC(=O)[C@@H](NC(=O)[C@@H](N)CCCN=C(N)N)C(C)C)[C@@H](C)CC)C(=O)N[C@@H](CS)C(=O)N[C@@H](Cc1ccc(O)cc1)C(N)=O. The second-order valence-electron chi connectivity index (χ2n) is 26.1. The number of hydrogen-bond donors (Lipinski definition) is 17. The first kappa shape index (κ1) is 82.0. The number of likely N-dealkylation sites (tertiary alicyclic amines) is 2. The summed E-state index contributed by atoms with van der Waals surface area (Å²) >= 11 is 8.60. The molecule has 2 saturated heterocycles. The van der Waals surface area contributed by atoms with E-state index in [4.69, 9.17) is 22.9 Å². The van der Waals surface area contributed by atoms with Crippen LogP contribution in [-0.2, 0) is 70.4 Å². The number of phenols is 2. The number of carbonyl (C=O) groups is 12. The molecule has 19 N–H and O–H groups in total. The summed E-state index contributed by atoms with van der Waals surface area (Å²) in [5.74, 6) is -10.8. The predicted octanol–water partition coefficient (Wildman–Crippen LogP) is -1.23. The van der Waals surface area contributed by atoms with Crippen molar-refractivity contribution in [1.29, 1.82) is 0 Å². The van der Waals surface area contributed by atoms with Gasteiger partial charge in [0.05, 0.1) is 6.04 Å². The number of rotatable bonds is 38. The van der Waals surface area contributed by atoms with Gasteiger partial charge in [0.1, 0.15) is 78.0 Å². The number of nitrogens with one attached hydrogen (secondary N) is 9. The Kier molecular flexibility index (Phi) is 33.4. The third-order valence-corrected chi connectivity index (χ3v) is 18.3. The number of hydrogen-bond acceptors (Lipinski definition) is 18. The van der Waals surface area contributed by atoms with Crippen molar-refractivity contribution in [2.75, 3.05) is 31.1 Å². The maximum Gasteiger partial charge on any atom is 0.246 e. The third-order valence-electron chi connectivity index (χ3n) is 17.5. The maximum absolute atomic E-state index is 14.8. The molecule has 0 spiro atoms. The van der Waals surface area contributed by atoms with Crippen LogP contribution >= 0.6 is 25.3 Å². The largest absolute Gasteiger partial charge is 0.508 e. The van der Waals surface area contributed by atoms with Crippen LogP contribution in [0.1, 0.15) is 131 Å². The normalized spacial score (nSPS) is 18.1. The predicted molar refractivity (Wildman–Crippen MR) is 374 cm³/mol. The molecule has 544 valence electrons. The lowest BCUT2D eigenvalue weighted by Crippen LogP contribution is -2.61. The summed E-state index contributed by atoms with van der Waals surface area (Å²) in [5, 5.41) is 43.9. The summed E-state index contributed by atoms with van der Waals surface area (Å²) in [7, 11) is 0. The highest BCUT2D eigenvalue weighted by Crippen LogP contribution is 2.26. The summed E-state index contributed by atoms with van der Waals surface area (Å²) in [6.07, 6.45) is 2.61. The molecule has 12 amide bonds. The van der Waals surface area contributed by atoms with Gasteiger partial charge in [-0.15, -0.1) is 0 Å². The molecule has 0 aliphatic carbocycles. The molecular formula is C66H104N16O14S2. The number of aromatic hydroxyl groups is 2. The highest BCUT2D eigenvalue weighted by molar-refractivity contribution is 7.80. The number of amides is 12. The topological polar surface area (TPSA) is 476 Å². The minimum absolute atomic E-state index is 0.00182. The molecule has 2 aliphatic heterocycles. The van der Waals surface area contributed by atoms with Crippen molar-refractivity contribution in [3.8, 4) is 11.5 Å². The number of aliphatic imine (C=N–C) groups is 1. The molecule has 2 fully saturated rings. The van der Waals surface area contributed by atoms with Gasteiger partial charge in [0, 0.05) is 44.0 Å². The van der Waals surface area contributed by atoms with Crippen LogP contribution in [-0.4, -0.2) is 201 Å². The van der Waals surface area contributed by atoms with E-state index in [1.807, 2.05) is 27.7 Å². The zero-order valence-electron chi connectivity index (χ0n) is 57.5. The number of guanidine groups is 1. The molecule has 2 heterocycles. The first-order chi connectivity index (χ1) is 46.2. The average molecular weight is 1410 g/mol. The highest BCUT2D eigenvalue weighted by Gasteiger charge is 2.44. The maximum atomic E-state index is 14.8. The monoisotopic (exact) mass is 1410 g/mol. The Morgan fingerprint density at radius 2 is 0.959 bits per heavy atom. The lowest BCUT2D eigenvalue weighted by molar-refractivity contribution is -0.145. The highest BCUT2D eigenvalue weighted by atomic mass is 32.1. The third kappa shape index (κ3) is 24.9. The smallest absolute Gasteiger partial charge is 0.246 e. The molecule has 98 heavy (non-hydrogen) atoms. The standard InChI is InChI=1S/C66H104N16O14S2/c1-10-36(7)52(63(94)77-47(32-97)58(89)73-44(54(68)85)30-39-18-22-41(83)23-19-39)79-61(92)50-17-13-27-81(50)64(95)46(29-34(3)4)75-60(91)49-16-14-28-82(49)65(96)53(37(8)11-2)80-55(86)38(9)72-57(88)45(31-40-20-24-42(84)25-21-40)74-59(90)48(33-98)76-62(93)51(35(5)6)78-56(87)43(67)15-12-26-71-66(69)70/h18-25,34-38,43-53,83-84,97-98H,10-17,26-33,67H2,1-9H3,(H2,68,85)(H,72,88)(H,73,89)(H,74,90)(H,75,91)(H,76,93)(H,77,94)(H,78,87)(H,79,92)(H,80,86)(H4,69,70,71)/t36-,37-,38-,43-,44-,45-,46-,47-,48-,49-,50-,51-,52-,53-/m0/s1. The number of primary amides is 1.